The van der Waals surface area contributed by atoms with Crippen LogP contribution in [0.2, 0.25) is 0 Å². The van der Waals surface area contributed by atoms with Gasteiger partial charge in [0.25, 0.3) is 0 Å². The highest BCUT2D eigenvalue weighted by molar-refractivity contribution is 4.43. The molecule has 1 rings (SSSR count). The minimum Gasteiger partial charge on any atom is -0.381 e. The van der Waals surface area contributed by atoms with Crippen LogP contribution in [0, 0.1) is 0 Å². The third-order valence-electron chi connectivity index (χ3n) is 0.827. The molecule has 0 amide bonds. The molecule has 1 heteroatoms. The second kappa shape index (κ2) is 32.5. The summed E-state index contributed by atoms with van der Waals surface area (Å²) < 4.78 is 4.94. The maximum absolute atomic E-state index is 4.94. The molecule has 0 atom stereocenters. The number of rotatable bonds is 0. The lowest BCUT2D eigenvalue weighted by atomic mass is 10.4. The van der Waals surface area contributed by atoms with E-state index < -0.39 is 0 Å². The summed E-state index contributed by atoms with van der Waals surface area (Å²) in [6, 6.07) is 0. The number of hydrogen-bond acceptors (Lipinski definition) is 1. The molecule has 0 bridgehead atoms. The van der Waals surface area contributed by atoms with Gasteiger partial charge in [-0.05, 0) is 12.8 Å². The van der Waals surface area contributed by atoms with E-state index in [9.17, 15) is 0 Å². The van der Waals surface area contributed by atoms with Crippen molar-refractivity contribution in [2.45, 2.75) is 54.4 Å². The summed E-state index contributed by atoms with van der Waals surface area (Å²) in [5.74, 6) is 0. The molecule has 1 fully saturated rings. The lowest BCUT2D eigenvalue weighted by molar-refractivity contribution is 0.198. The summed E-state index contributed by atoms with van der Waals surface area (Å²) in [5, 5.41) is 0. The van der Waals surface area contributed by atoms with Crippen LogP contribution in [0.5, 0.6) is 0 Å². The first-order valence-corrected chi connectivity index (χ1v) is 5.08. The van der Waals surface area contributed by atoms with E-state index in [0.29, 0.717) is 0 Å². The first-order valence-electron chi connectivity index (χ1n) is 5.08. The van der Waals surface area contributed by atoms with Crippen LogP contribution in [0.4, 0.5) is 0 Å². The maximum atomic E-state index is 4.94. The van der Waals surface area contributed by atoms with E-state index in [1.54, 1.807) is 0 Å². The molecule has 0 spiro atoms. The van der Waals surface area contributed by atoms with Gasteiger partial charge in [0.1, 0.15) is 0 Å². The van der Waals surface area contributed by atoms with Crippen LogP contribution >= 0.6 is 0 Å². The molecule has 0 unspecified atom stereocenters. The predicted molar refractivity (Wildman–Crippen MR) is 54.1 cm³/mol. The van der Waals surface area contributed by atoms with E-state index in [0.717, 1.165) is 13.2 Å². The van der Waals surface area contributed by atoms with Crippen LogP contribution in [0.3, 0.4) is 0 Å². The normalized spacial score (nSPS) is 12.5. The van der Waals surface area contributed by atoms with Gasteiger partial charge in [0.15, 0.2) is 0 Å². The van der Waals surface area contributed by atoms with Gasteiger partial charge >= 0.3 is 0 Å². The van der Waals surface area contributed by atoms with Gasteiger partial charge in [-0.3, -0.25) is 0 Å². The topological polar surface area (TPSA) is 9.23 Å². The van der Waals surface area contributed by atoms with Gasteiger partial charge in [0.05, 0.1) is 0 Å². The molecule has 1 aliphatic heterocycles. The number of ether oxygens (including phenoxy) is 1. The molecule has 1 heterocycles. The van der Waals surface area contributed by atoms with Crippen LogP contribution < -0.4 is 0 Å². The quantitative estimate of drug-likeness (QED) is 0.525. The fourth-order valence-electron chi connectivity index (χ4n) is 0.510. The van der Waals surface area contributed by atoms with E-state index in [1.165, 1.54) is 12.8 Å². The zero-order chi connectivity index (χ0) is 9.54. The maximum Gasteiger partial charge on any atom is 0.0466 e. The molecule has 1 nitrogen and oxygen atoms in total. The molecule has 0 N–H and O–H groups in total. The van der Waals surface area contributed by atoms with E-state index >= 15 is 0 Å². The van der Waals surface area contributed by atoms with Crippen molar-refractivity contribution in [2.75, 3.05) is 13.2 Å². The molecule has 0 aliphatic carbocycles. The van der Waals surface area contributed by atoms with Gasteiger partial charge in [-0.2, -0.15) is 0 Å². The Bertz CT molecular complexity index is 16.4. The molecule has 0 aromatic carbocycles. The van der Waals surface area contributed by atoms with E-state index in [4.69, 9.17) is 4.74 Å². The fraction of sp³-hybridized carbons (Fsp3) is 1.00. The second-order valence-electron chi connectivity index (χ2n) is 1.32. The smallest absolute Gasteiger partial charge is 0.0466 e. The zero-order valence-corrected chi connectivity index (χ0v) is 9.24. The van der Waals surface area contributed by atoms with Crippen molar-refractivity contribution in [3.63, 3.8) is 0 Å². The van der Waals surface area contributed by atoms with Crippen LogP contribution in [0.25, 0.3) is 0 Å². The summed E-state index contributed by atoms with van der Waals surface area (Å²) in [6.07, 6.45) is 2.56. The monoisotopic (exact) mass is 162 g/mol. The highest BCUT2D eigenvalue weighted by atomic mass is 16.5. The molecule has 0 radical (unpaired) electrons. The number of hydrogen-bond donors (Lipinski definition) is 0. The van der Waals surface area contributed by atoms with Crippen molar-refractivity contribution in [1.82, 2.24) is 0 Å². The Morgan fingerprint density at radius 1 is 0.636 bits per heavy atom. The molecule has 1 aliphatic rings. The van der Waals surface area contributed by atoms with Gasteiger partial charge in [0, 0.05) is 13.2 Å². The molecule has 72 valence electrons. The van der Waals surface area contributed by atoms with Gasteiger partial charge in [-0.1, -0.05) is 41.5 Å². The van der Waals surface area contributed by atoms with E-state index in [2.05, 4.69) is 0 Å². The van der Waals surface area contributed by atoms with Crippen molar-refractivity contribution in [1.29, 1.82) is 0 Å². The highest BCUT2D eigenvalue weighted by Gasteiger charge is 1.94. The third-order valence-corrected chi connectivity index (χ3v) is 0.827. The summed E-state index contributed by atoms with van der Waals surface area (Å²) >= 11 is 0. The van der Waals surface area contributed by atoms with Crippen LogP contribution in [-0.4, -0.2) is 13.2 Å². The SMILES string of the molecule is C1CCOC1.CC.CC.CC. The highest BCUT2D eigenvalue weighted by Crippen LogP contribution is 1.98. The van der Waals surface area contributed by atoms with Crippen LogP contribution in [0.15, 0.2) is 0 Å². The van der Waals surface area contributed by atoms with Gasteiger partial charge in [0.2, 0.25) is 0 Å². The first kappa shape index (κ1) is 17.2. The fourth-order valence-corrected chi connectivity index (χ4v) is 0.510. The Hall–Kier alpha value is -0.0400. The van der Waals surface area contributed by atoms with Crippen molar-refractivity contribution in [2.24, 2.45) is 0 Å². The minimum atomic E-state index is 1.00. The van der Waals surface area contributed by atoms with E-state index in [-0.39, 0.29) is 0 Å². The zero-order valence-electron chi connectivity index (χ0n) is 9.24. The van der Waals surface area contributed by atoms with Crippen molar-refractivity contribution in [3.05, 3.63) is 0 Å². The molecular formula is C10H26O. The molecule has 0 saturated carbocycles. The molecule has 1 saturated heterocycles. The largest absolute Gasteiger partial charge is 0.381 e. The first-order chi connectivity index (χ1) is 5.50. The second-order valence-corrected chi connectivity index (χ2v) is 1.32. The summed E-state index contributed by atoms with van der Waals surface area (Å²) in [5.41, 5.74) is 0. The standard InChI is InChI=1S/C4H8O.3C2H6/c1-2-4-5-3-1;3*1-2/h1-4H2;3*1-2H3. The predicted octanol–water partition coefficient (Wildman–Crippen LogP) is 3.88. The molecule has 11 heavy (non-hydrogen) atoms. The minimum absolute atomic E-state index is 1.00. The average Bonchev–Trinajstić information content (AvgIpc) is 2.71. The van der Waals surface area contributed by atoms with E-state index in [1.807, 2.05) is 41.5 Å². The van der Waals surface area contributed by atoms with Gasteiger partial charge in [-0.15, -0.1) is 0 Å². The van der Waals surface area contributed by atoms with Crippen LogP contribution in [0.1, 0.15) is 54.4 Å². The summed E-state index contributed by atoms with van der Waals surface area (Å²) in [7, 11) is 0. The lowest BCUT2D eigenvalue weighted by Crippen LogP contribution is -1.74. The van der Waals surface area contributed by atoms with Gasteiger partial charge < -0.3 is 4.74 Å². The lowest BCUT2D eigenvalue weighted by Gasteiger charge is -1.76. The van der Waals surface area contributed by atoms with Gasteiger partial charge in [-0.25, -0.2) is 0 Å². The molecular weight excluding hydrogens is 136 g/mol. The third kappa shape index (κ3) is 25.7. The van der Waals surface area contributed by atoms with Crippen molar-refractivity contribution in [3.8, 4) is 0 Å². The Balaban J connectivity index is -0.0000000933. The Morgan fingerprint density at radius 2 is 0.909 bits per heavy atom. The Labute approximate surface area is 73.1 Å². The average molecular weight is 162 g/mol. The van der Waals surface area contributed by atoms with Crippen molar-refractivity contribution < 1.29 is 4.74 Å². The van der Waals surface area contributed by atoms with Crippen LogP contribution in [-0.2, 0) is 4.74 Å². The summed E-state index contributed by atoms with van der Waals surface area (Å²) in [6.45, 7) is 14.0. The Morgan fingerprint density at radius 3 is 1.00 bits per heavy atom. The molecule has 0 aromatic rings. The summed E-state index contributed by atoms with van der Waals surface area (Å²) in [4.78, 5) is 0. The van der Waals surface area contributed by atoms with Crippen molar-refractivity contribution >= 4 is 0 Å². The Kier molecular flexibility index (Phi) is 50.7. The molecule has 0 aromatic heterocycles.